The van der Waals surface area contributed by atoms with Crippen LogP contribution in [0.2, 0.25) is 0 Å². The van der Waals surface area contributed by atoms with E-state index >= 15 is 0 Å². The predicted octanol–water partition coefficient (Wildman–Crippen LogP) is 1.71. The van der Waals surface area contributed by atoms with Gasteiger partial charge in [0.1, 0.15) is 6.04 Å². The molecule has 2 amide bonds. The molecular weight excluding hydrogens is 348 g/mol. The fraction of sp³-hybridized carbons (Fsp3) is 0.500. The van der Waals surface area contributed by atoms with Gasteiger partial charge in [0.2, 0.25) is 17.6 Å². The van der Waals surface area contributed by atoms with Crippen LogP contribution in [-0.2, 0) is 26.2 Å². The molecule has 0 N–H and O–H groups in total. The normalized spacial score (nSPS) is 22.7. The van der Waals surface area contributed by atoms with E-state index in [1.54, 1.807) is 6.07 Å². The molecule has 0 unspecified atom stereocenters. The first-order valence-electron chi connectivity index (χ1n) is 9.08. The molecule has 0 bridgehead atoms. The van der Waals surface area contributed by atoms with Gasteiger partial charge in [0.15, 0.2) is 6.61 Å². The molecule has 0 saturated carbocycles. The monoisotopic (exact) mass is 372 g/mol. The summed E-state index contributed by atoms with van der Waals surface area (Å²) >= 11 is 0. The van der Waals surface area contributed by atoms with Gasteiger partial charge < -0.3 is 9.30 Å². The number of likely N-dealkylation sites (tertiary alicyclic amines) is 1. The standard InChI is InChI=1S/C20H24N2O5/c1-11-9-16(12(2)21(11)4)17(23)10-27-20(26)13(3)22-18(24)14-7-5-6-8-15(14)19(22)25/h5-6,9,13-15H,7-8,10H2,1-4H3/t13-,14+,15+/m0/s1. The van der Waals surface area contributed by atoms with Gasteiger partial charge in [-0.15, -0.1) is 0 Å². The second-order valence-corrected chi connectivity index (χ2v) is 7.25. The molecule has 0 spiro atoms. The van der Waals surface area contributed by atoms with Gasteiger partial charge in [-0.3, -0.25) is 19.3 Å². The molecule has 2 heterocycles. The maximum Gasteiger partial charge on any atom is 0.329 e. The summed E-state index contributed by atoms with van der Waals surface area (Å²) in [7, 11) is 1.86. The first kappa shape index (κ1) is 19.1. The lowest BCUT2D eigenvalue weighted by Gasteiger charge is -2.21. The maximum absolute atomic E-state index is 12.5. The summed E-state index contributed by atoms with van der Waals surface area (Å²) in [4.78, 5) is 50.8. The number of carbonyl (C=O) groups excluding carboxylic acids is 4. The minimum atomic E-state index is -1.04. The number of hydrogen-bond donors (Lipinski definition) is 0. The van der Waals surface area contributed by atoms with Crippen molar-refractivity contribution in [3.63, 3.8) is 0 Å². The van der Waals surface area contributed by atoms with Crippen molar-refractivity contribution >= 4 is 23.6 Å². The van der Waals surface area contributed by atoms with Gasteiger partial charge in [-0.25, -0.2) is 4.79 Å². The van der Waals surface area contributed by atoms with Crippen molar-refractivity contribution in [2.45, 2.75) is 39.7 Å². The Hall–Kier alpha value is -2.70. The fourth-order valence-electron chi connectivity index (χ4n) is 3.79. The highest BCUT2D eigenvalue weighted by atomic mass is 16.5. The highest BCUT2D eigenvalue weighted by molar-refractivity contribution is 6.08. The molecule has 1 saturated heterocycles. The van der Waals surface area contributed by atoms with E-state index in [-0.39, 0.29) is 17.6 Å². The van der Waals surface area contributed by atoms with Crippen LogP contribution in [0.3, 0.4) is 0 Å². The van der Waals surface area contributed by atoms with Crippen LogP contribution in [0.25, 0.3) is 0 Å². The molecule has 144 valence electrons. The second-order valence-electron chi connectivity index (χ2n) is 7.25. The van der Waals surface area contributed by atoms with Crippen LogP contribution in [-0.4, -0.2) is 45.7 Å². The topological polar surface area (TPSA) is 85.7 Å². The Bertz CT molecular complexity index is 825. The number of fused-ring (bicyclic) bond motifs is 1. The van der Waals surface area contributed by atoms with Gasteiger partial charge in [0.05, 0.1) is 11.8 Å². The number of hydrogen-bond acceptors (Lipinski definition) is 5. The number of aryl methyl sites for hydroxylation is 1. The molecule has 1 aromatic rings. The van der Waals surface area contributed by atoms with Crippen LogP contribution >= 0.6 is 0 Å². The minimum absolute atomic E-state index is 0.311. The van der Waals surface area contributed by atoms with Gasteiger partial charge in [0, 0.05) is 24.0 Å². The van der Waals surface area contributed by atoms with Crippen LogP contribution in [0, 0.1) is 25.7 Å². The summed E-state index contributed by atoms with van der Waals surface area (Å²) in [5, 5.41) is 0. The fourth-order valence-corrected chi connectivity index (χ4v) is 3.79. The lowest BCUT2D eigenvalue weighted by molar-refractivity contribution is -0.157. The van der Waals surface area contributed by atoms with Crippen molar-refractivity contribution in [3.8, 4) is 0 Å². The number of ketones is 1. The summed E-state index contributed by atoms with van der Waals surface area (Å²) in [6, 6.07) is 0.710. The zero-order chi connectivity index (χ0) is 19.9. The van der Waals surface area contributed by atoms with E-state index in [0.717, 1.165) is 16.3 Å². The summed E-state index contributed by atoms with van der Waals surface area (Å²) in [5.41, 5.74) is 2.23. The molecule has 1 aromatic heterocycles. The summed E-state index contributed by atoms with van der Waals surface area (Å²) in [6.07, 6.45) is 4.81. The average Bonchev–Trinajstić information content (AvgIpc) is 3.07. The first-order valence-corrected chi connectivity index (χ1v) is 9.08. The minimum Gasteiger partial charge on any atom is -0.456 e. The zero-order valence-corrected chi connectivity index (χ0v) is 16.0. The molecule has 7 nitrogen and oxygen atoms in total. The smallest absolute Gasteiger partial charge is 0.329 e. The Morgan fingerprint density at radius 3 is 2.19 bits per heavy atom. The van der Waals surface area contributed by atoms with Crippen LogP contribution < -0.4 is 0 Å². The Labute approximate surface area is 158 Å². The highest BCUT2D eigenvalue weighted by Crippen LogP contribution is 2.36. The second kappa shape index (κ2) is 7.13. The molecule has 0 radical (unpaired) electrons. The van der Waals surface area contributed by atoms with Crippen LogP contribution in [0.15, 0.2) is 18.2 Å². The largest absolute Gasteiger partial charge is 0.456 e. The van der Waals surface area contributed by atoms with Crippen LogP contribution in [0.4, 0.5) is 0 Å². The third-order valence-electron chi connectivity index (χ3n) is 5.69. The molecular formula is C20H24N2O5. The van der Waals surface area contributed by atoms with E-state index < -0.39 is 30.5 Å². The number of imide groups is 1. The van der Waals surface area contributed by atoms with Crippen LogP contribution in [0.5, 0.6) is 0 Å². The van der Waals surface area contributed by atoms with Crippen molar-refractivity contribution in [1.29, 1.82) is 0 Å². The molecule has 1 aliphatic carbocycles. The van der Waals surface area contributed by atoms with Crippen molar-refractivity contribution in [2.24, 2.45) is 18.9 Å². The third kappa shape index (κ3) is 3.22. The Balaban J connectivity index is 1.64. The first-order chi connectivity index (χ1) is 12.7. The van der Waals surface area contributed by atoms with Crippen molar-refractivity contribution in [2.75, 3.05) is 6.61 Å². The summed E-state index contributed by atoms with van der Waals surface area (Å²) < 4.78 is 7.01. The molecule has 1 fully saturated rings. The van der Waals surface area contributed by atoms with Gasteiger partial charge in [-0.2, -0.15) is 0 Å². The van der Waals surface area contributed by atoms with E-state index in [0.29, 0.717) is 18.4 Å². The van der Waals surface area contributed by atoms with Crippen molar-refractivity contribution in [1.82, 2.24) is 9.47 Å². The lowest BCUT2D eigenvalue weighted by Crippen LogP contribution is -2.44. The number of nitrogens with zero attached hydrogens (tertiary/aromatic N) is 2. The molecule has 3 atom stereocenters. The van der Waals surface area contributed by atoms with E-state index in [1.807, 2.05) is 37.6 Å². The van der Waals surface area contributed by atoms with Crippen molar-refractivity contribution < 1.29 is 23.9 Å². The van der Waals surface area contributed by atoms with Gasteiger partial charge >= 0.3 is 5.97 Å². The van der Waals surface area contributed by atoms with E-state index in [2.05, 4.69) is 0 Å². The van der Waals surface area contributed by atoms with Gasteiger partial charge in [-0.05, 0) is 39.7 Å². The Morgan fingerprint density at radius 2 is 1.70 bits per heavy atom. The number of carbonyl (C=O) groups is 4. The van der Waals surface area contributed by atoms with Gasteiger partial charge in [0.25, 0.3) is 0 Å². The Kier molecular flexibility index (Phi) is 5.04. The zero-order valence-electron chi connectivity index (χ0n) is 16.0. The molecule has 7 heteroatoms. The number of amides is 2. The summed E-state index contributed by atoms with van der Waals surface area (Å²) in [6.45, 7) is 4.75. The average molecular weight is 372 g/mol. The van der Waals surface area contributed by atoms with E-state index in [1.165, 1.54) is 6.92 Å². The number of Topliss-reactive ketones (excluding diaryl/α,β-unsaturated/α-hetero) is 1. The van der Waals surface area contributed by atoms with Crippen molar-refractivity contribution in [3.05, 3.63) is 35.2 Å². The number of esters is 1. The van der Waals surface area contributed by atoms with E-state index in [4.69, 9.17) is 4.74 Å². The molecule has 2 aliphatic rings. The van der Waals surface area contributed by atoms with Crippen LogP contribution in [0.1, 0.15) is 41.5 Å². The maximum atomic E-state index is 12.5. The number of allylic oxidation sites excluding steroid dienone is 2. The molecule has 27 heavy (non-hydrogen) atoms. The summed E-state index contributed by atoms with van der Waals surface area (Å²) in [5.74, 6) is -2.52. The molecule has 0 aromatic carbocycles. The predicted molar refractivity (Wildman–Crippen MR) is 96.8 cm³/mol. The third-order valence-corrected chi connectivity index (χ3v) is 5.69. The SMILES string of the molecule is Cc1cc(C(=O)COC(=O)[C@H](C)N2C(=O)[C@@H]3CC=CC[C@H]3C2=O)c(C)n1C. The Morgan fingerprint density at radius 1 is 1.15 bits per heavy atom. The quantitative estimate of drug-likeness (QED) is 0.340. The number of rotatable bonds is 5. The molecule has 3 rings (SSSR count). The van der Waals surface area contributed by atoms with E-state index in [9.17, 15) is 19.2 Å². The number of ether oxygens (including phenoxy) is 1. The van der Waals surface area contributed by atoms with Gasteiger partial charge in [-0.1, -0.05) is 12.2 Å². The highest BCUT2D eigenvalue weighted by Gasteiger charge is 2.50. The number of aromatic nitrogens is 1. The molecule has 1 aliphatic heterocycles. The lowest BCUT2D eigenvalue weighted by atomic mass is 9.85.